The van der Waals surface area contributed by atoms with E-state index in [-0.39, 0.29) is 18.3 Å². The molecule has 32 heavy (non-hydrogen) atoms. The van der Waals surface area contributed by atoms with E-state index in [4.69, 9.17) is 20.8 Å². The Morgan fingerprint density at radius 3 is 2.72 bits per heavy atom. The van der Waals surface area contributed by atoms with E-state index >= 15 is 0 Å². The molecule has 2 aromatic heterocycles. The predicted octanol–water partition coefficient (Wildman–Crippen LogP) is 4.43. The smallest absolute Gasteiger partial charge is 0.291 e. The van der Waals surface area contributed by atoms with Gasteiger partial charge in [-0.3, -0.25) is 14.3 Å². The zero-order chi connectivity index (χ0) is 22.7. The van der Waals surface area contributed by atoms with Crippen molar-refractivity contribution in [1.82, 2.24) is 14.7 Å². The maximum absolute atomic E-state index is 13.0. The Kier molecular flexibility index (Phi) is 6.50. The van der Waals surface area contributed by atoms with Crippen LogP contribution in [0.25, 0.3) is 0 Å². The van der Waals surface area contributed by atoms with E-state index in [0.717, 1.165) is 24.8 Å². The molecule has 2 amide bonds. The van der Waals surface area contributed by atoms with Gasteiger partial charge >= 0.3 is 0 Å². The molecule has 1 saturated heterocycles. The molecule has 0 unspecified atom stereocenters. The van der Waals surface area contributed by atoms with E-state index in [9.17, 15) is 9.59 Å². The summed E-state index contributed by atoms with van der Waals surface area (Å²) in [6.07, 6.45) is 4.56. The molecule has 0 aliphatic carbocycles. The van der Waals surface area contributed by atoms with Gasteiger partial charge in [-0.1, -0.05) is 23.7 Å². The van der Waals surface area contributed by atoms with Crippen LogP contribution in [0, 0.1) is 6.92 Å². The third kappa shape index (κ3) is 4.65. The number of rotatable bonds is 6. The molecule has 168 valence electrons. The van der Waals surface area contributed by atoms with Gasteiger partial charge in [0.2, 0.25) is 0 Å². The zero-order valence-electron chi connectivity index (χ0n) is 18.1. The first kappa shape index (κ1) is 22.0. The molecule has 1 N–H and O–H groups in total. The van der Waals surface area contributed by atoms with E-state index in [1.54, 1.807) is 30.1 Å². The van der Waals surface area contributed by atoms with Crippen molar-refractivity contribution in [2.24, 2.45) is 7.05 Å². The van der Waals surface area contributed by atoms with Crippen LogP contribution in [0.5, 0.6) is 5.75 Å². The van der Waals surface area contributed by atoms with Gasteiger partial charge in [-0.2, -0.15) is 5.10 Å². The number of furan rings is 1. The number of aromatic nitrogens is 2. The van der Waals surface area contributed by atoms with Gasteiger partial charge in [0, 0.05) is 20.1 Å². The third-order valence-corrected chi connectivity index (χ3v) is 5.74. The molecular weight excluding hydrogens is 432 g/mol. The second-order valence-corrected chi connectivity index (χ2v) is 8.19. The number of carbonyl (C=O) groups is 2. The van der Waals surface area contributed by atoms with Crippen molar-refractivity contribution >= 4 is 29.1 Å². The van der Waals surface area contributed by atoms with Crippen LogP contribution in [0.3, 0.4) is 0 Å². The van der Waals surface area contributed by atoms with E-state index in [1.165, 1.54) is 10.9 Å². The van der Waals surface area contributed by atoms with Crippen LogP contribution in [0.1, 0.15) is 51.6 Å². The van der Waals surface area contributed by atoms with Crippen LogP contribution in [-0.4, -0.2) is 39.6 Å². The molecule has 4 rings (SSSR count). The quantitative estimate of drug-likeness (QED) is 0.592. The molecule has 1 aromatic carbocycles. The number of hydrogen-bond donors (Lipinski definition) is 1. The van der Waals surface area contributed by atoms with Crippen LogP contribution < -0.4 is 10.1 Å². The summed E-state index contributed by atoms with van der Waals surface area (Å²) in [5.41, 5.74) is 1.61. The Morgan fingerprint density at radius 1 is 1.19 bits per heavy atom. The lowest BCUT2D eigenvalue weighted by Gasteiger charge is -2.27. The standard InChI is InChI=1S/C23H25ClN4O4/c1-15-7-6-8-17(24)21(15)31-14-16-9-10-19(32-16)22(29)26-18-13-25-27(2)20(18)23(30)28-11-4-3-5-12-28/h6-10,13H,3-5,11-12,14H2,1-2H3,(H,26,29). The second kappa shape index (κ2) is 9.48. The van der Waals surface area contributed by atoms with Gasteiger partial charge in [0.1, 0.15) is 23.8 Å². The highest BCUT2D eigenvalue weighted by atomic mass is 35.5. The first-order valence-electron chi connectivity index (χ1n) is 10.5. The number of hydrogen-bond acceptors (Lipinski definition) is 5. The fraction of sp³-hybridized carbons (Fsp3) is 0.348. The number of para-hydroxylation sites is 1. The first-order valence-corrected chi connectivity index (χ1v) is 10.9. The van der Waals surface area contributed by atoms with Crippen LogP contribution in [-0.2, 0) is 13.7 Å². The highest BCUT2D eigenvalue weighted by molar-refractivity contribution is 6.32. The minimum Gasteiger partial charge on any atom is -0.484 e. The summed E-state index contributed by atoms with van der Waals surface area (Å²) in [5.74, 6) is 0.562. The molecule has 1 aliphatic rings. The van der Waals surface area contributed by atoms with Crippen LogP contribution in [0.4, 0.5) is 5.69 Å². The number of likely N-dealkylation sites (tertiary alicyclic amines) is 1. The number of anilines is 1. The predicted molar refractivity (Wildman–Crippen MR) is 120 cm³/mol. The summed E-state index contributed by atoms with van der Waals surface area (Å²) in [5, 5.41) is 7.41. The van der Waals surface area contributed by atoms with E-state index in [0.29, 0.717) is 41.0 Å². The van der Waals surface area contributed by atoms with Gasteiger partial charge in [0.25, 0.3) is 11.8 Å². The number of aryl methyl sites for hydroxylation is 2. The first-order chi connectivity index (χ1) is 15.4. The van der Waals surface area contributed by atoms with Crippen LogP contribution >= 0.6 is 11.6 Å². The topological polar surface area (TPSA) is 89.6 Å². The minimum atomic E-state index is -0.467. The van der Waals surface area contributed by atoms with E-state index < -0.39 is 5.91 Å². The van der Waals surface area contributed by atoms with Crippen molar-refractivity contribution in [3.05, 3.63) is 64.3 Å². The average Bonchev–Trinajstić information content (AvgIpc) is 3.40. The molecule has 0 bridgehead atoms. The average molecular weight is 457 g/mol. The number of carbonyl (C=O) groups excluding carboxylic acids is 2. The number of halogens is 1. The number of benzene rings is 1. The number of piperidine rings is 1. The SMILES string of the molecule is Cc1cccc(Cl)c1OCc1ccc(C(=O)Nc2cnn(C)c2C(=O)N2CCCCC2)o1. The van der Waals surface area contributed by atoms with Gasteiger partial charge in [-0.15, -0.1) is 0 Å². The Labute approximate surface area is 191 Å². The highest BCUT2D eigenvalue weighted by Gasteiger charge is 2.26. The van der Waals surface area contributed by atoms with Crippen molar-refractivity contribution in [3.8, 4) is 5.75 Å². The van der Waals surface area contributed by atoms with Crippen molar-refractivity contribution in [1.29, 1.82) is 0 Å². The number of nitrogens with one attached hydrogen (secondary N) is 1. The van der Waals surface area contributed by atoms with Gasteiger partial charge in [0.05, 0.1) is 16.9 Å². The summed E-state index contributed by atoms with van der Waals surface area (Å²) in [4.78, 5) is 27.5. The fourth-order valence-electron chi connectivity index (χ4n) is 3.73. The monoisotopic (exact) mass is 456 g/mol. The number of amides is 2. The normalized spacial score (nSPS) is 13.8. The lowest BCUT2D eigenvalue weighted by molar-refractivity contribution is 0.0714. The maximum Gasteiger partial charge on any atom is 0.291 e. The molecule has 8 nitrogen and oxygen atoms in total. The Morgan fingerprint density at radius 2 is 1.97 bits per heavy atom. The number of ether oxygens (including phenoxy) is 1. The van der Waals surface area contributed by atoms with Crippen molar-refractivity contribution < 1.29 is 18.7 Å². The molecular formula is C23H25ClN4O4. The summed E-state index contributed by atoms with van der Waals surface area (Å²) in [6, 6.07) is 8.74. The molecule has 0 radical (unpaired) electrons. The van der Waals surface area contributed by atoms with Crippen molar-refractivity contribution in [2.75, 3.05) is 18.4 Å². The Balaban J connectivity index is 1.43. The summed E-state index contributed by atoms with van der Waals surface area (Å²) in [6.45, 7) is 3.45. The summed E-state index contributed by atoms with van der Waals surface area (Å²) >= 11 is 6.18. The van der Waals surface area contributed by atoms with Gasteiger partial charge in [-0.25, -0.2) is 0 Å². The lowest BCUT2D eigenvalue weighted by Crippen LogP contribution is -2.37. The minimum absolute atomic E-state index is 0.111. The second-order valence-electron chi connectivity index (χ2n) is 7.78. The molecule has 3 aromatic rings. The molecule has 3 heterocycles. The zero-order valence-corrected chi connectivity index (χ0v) is 18.8. The summed E-state index contributed by atoms with van der Waals surface area (Å²) < 4.78 is 12.9. The van der Waals surface area contributed by atoms with Gasteiger partial charge < -0.3 is 19.4 Å². The van der Waals surface area contributed by atoms with E-state index in [1.807, 2.05) is 19.1 Å². The van der Waals surface area contributed by atoms with Gasteiger partial charge in [0.15, 0.2) is 5.76 Å². The summed E-state index contributed by atoms with van der Waals surface area (Å²) in [7, 11) is 1.69. The highest BCUT2D eigenvalue weighted by Crippen LogP contribution is 2.29. The molecule has 0 saturated carbocycles. The fourth-order valence-corrected chi connectivity index (χ4v) is 4.01. The molecule has 0 atom stereocenters. The van der Waals surface area contributed by atoms with E-state index in [2.05, 4.69) is 10.4 Å². The van der Waals surface area contributed by atoms with Crippen molar-refractivity contribution in [3.63, 3.8) is 0 Å². The number of nitrogens with zero attached hydrogens (tertiary/aromatic N) is 3. The van der Waals surface area contributed by atoms with Crippen LogP contribution in [0.15, 0.2) is 40.9 Å². The third-order valence-electron chi connectivity index (χ3n) is 5.44. The van der Waals surface area contributed by atoms with Crippen LogP contribution in [0.2, 0.25) is 5.02 Å². The Bertz CT molecular complexity index is 1110. The molecule has 1 aliphatic heterocycles. The Hall–Kier alpha value is -3.26. The maximum atomic E-state index is 13.0. The van der Waals surface area contributed by atoms with Gasteiger partial charge in [-0.05, 0) is 49.9 Å². The molecule has 1 fully saturated rings. The molecule has 0 spiro atoms. The largest absolute Gasteiger partial charge is 0.484 e. The van der Waals surface area contributed by atoms with Crippen molar-refractivity contribution in [2.45, 2.75) is 32.8 Å². The molecule has 9 heteroatoms. The lowest BCUT2D eigenvalue weighted by atomic mass is 10.1.